The van der Waals surface area contributed by atoms with Gasteiger partial charge in [0.05, 0.1) is 14.2 Å². The summed E-state index contributed by atoms with van der Waals surface area (Å²) in [6.07, 6.45) is 2.35. The number of carboxylic acid groups (broad SMARTS) is 1. The van der Waals surface area contributed by atoms with E-state index in [9.17, 15) is 9.90 Å². The van der Waals surface area contributed by atoms with Crippen molar-refractivity contribution < 1.29 is 19.4 Å². The van der Waals surface area contributed by atoms with E-state index in [0.717, 1.165) is 6.54 Å². The van der Waals surface area contributed by atoms with Crippen LogP contribution in [-0.4, -0.2) is 31.8 Å². The molecular weight excluding hydrogens is 258 g/mol. The van der Waals surface area contributed by atoms with E-state index in [2.05, 4.69) is 5.32 Å². The minimum Gasteiger partial charge on any atom is -0.493 e. The summed E-state index contributed by atoms with van der Waals surface area (Å²) in [5.41, 5.74) is -0.467. The molecule has 0 amide bonds. The number of hydrogen-bond acceptors (Lipinski definition) is 4. The van der Waals surface area contributed by atoms with E-state index in [1.807, 2.05) is 0 Å². The fourth-order valence-electron chi connectivity index (χ4n) is 2.12. The third-order valence-electron chi connectivity index (χ3n) is 3.83. The second-order valence-electron chi connectivity index (χ2n) is 5.32. The molecule has 1 saturated carbocycles. The summed E-state index contributed by atoms with van der Waals surface area (Å²) in [6.45, 7) is 2.40. The Bertz CT molecular complexity index is 499. The summed E-state index contributed by atoms with van der Waals surface area (Å²) in [4.78, 5) is 11.7. The average Bonchev–Trinajstić information content (AvgIpc) is 3.27. The molecule has 5 heteroatoms. The zero-order valence-corrected chi connectivity index (χ0v) is 12.1. The number of rotatable bonds is 7. The van der Waals surface area contributed by atoms with Gasteiger partial charge < -0.3 is 14.6 Å². The van der Waals surface area contributed by atoms with Gasteiger partial charge in [-0.2, -0.15) is 0 Å². The van der Waals surface area contributed by atoms with Crippen LogP contribution >= 0.6 is 0 Å². The lowest BCUT2D eigenvalue weighted by molar-refractivity contribution is -0.144. The molecule has 20 heavy (non-hydrogen) atoms. The minimum absolute atomic E-state index is 0.533. The number of benzene rings is 1. The summed E-state index contributed by atoms with van der Waals surface area (Å²) in [6, 6.07) is 5.20. The highest BCUT2D eigenvalue weighted by molar-refractivity contribution is 5.80. The molecule has 1 aliphatic rings. The van der Waals surface area contributed by atoms with Crippen molar-refractivity contribution in [2.24, 2.45) is 5.92 Å². The Labute approximate surface area is 118 Å². The Balaban J connectivity index is 2.29. The van der Waals surface area contributed by atoms with Gasteiger partial charge >= 0.3 is 5.97 Å². The maximum Gasteiger partial charge on any atom is 0.328 e. The molecule has 1 unspecified atom stereocenters. The zero-order chi connectivity index (χ0) is 14.8. The van der Waals surface area contributed by atoms with E-state index >= 15 is 0 Å². The van der Waals surface area contributed by atoms with Crippen molar-refractivity contribution in [3.8, 4) is 11.5 Å². The molecule has 0 spiro atoms. The molecule has 0 radical (unpaired) electrons. The highest BCUT2D eigenvalue weighted by Crippen LogP contribution is 2.34. The maximum atomic E-state index is 11.7. The van der Waals surface area contributed by atoms with Crippen molar-refractivity contribution in [2.75, 3.05) is 20.8 Å². The lowest BCUT2D eigenvalue weighted by Gasteiger charge is -2.27. The highest BCUT2D eigenvalue weighted by Gasteiger charge is 2.37. The first-order valence-electron chi connectivity index (χ1n) is 6.72. The van der Waals surface area contributed by atoms with E-state index in [-0.39, 0.29) is 0 Å². The first-order chi connectivity index (χ1) is 9.51. The Hall–Kier alpha value is -1.75. The van der Waals surface area contributed by atoms with Crippen LogP contribution in [-0.2, 0) is 10.3 Å². The molecule has 1 aliphatic carbocycles. The van der Waals surface area contributed by atoms with Crippen molar-refractivity contribution >= 4 is 5.97 Å². The number of carbonyl (C=O) groups is 1. The Morgan fingerprint density at radius 1 is 1.35 bits per heavy atom. The predicted molar refractivity (Wildman–Crippen MR) is 75.3 cm³/mol. The van der Waals surface area contributed by atoms with Gasteiger partial charge in [0, 0.05) is 0 Å². The standard InChI is InChI=1S/C15H21NO4/c1-15(14(17)18,16-9-10-4-5-10)11-6-7-12(19-2)13(8-11)20-3/h6-8,10,16H,4-5,9H2,1-3H3,(H,17,18). The minimum atomic E-state index is -1.12. The van der Waals surface area contributed by atoms with Gasteiger partial charge in [0.25, 0.3) is 0 Å². The van der Waals surface area contributed by atoms with Gasteiger partial charge in [-0.3, -0.25) is 5.32 Å². The molecule has 0 aromatic heterocycles. The molecule has 1 aromatic rings. The van der Waals surface area contributed by atoms with Crippen LogP contribution in [0.5, 0.6) is 11.5 Å². The SMILES string of the molecule is COc1ccc(C(C)(NCC2CC2)C(=O)O)cc1OC. The molecule has 0 aliphatic heterocycles. The van der Waals surface area contributed by atoms with Crippen LogP contribution in [0.4, 0.5) is 0 Å². The molecule has 1 aromatic carbocycles. The van der Waals surface area contributed by atoms with Crippen LogP contribution in [0.1, 0.15) is 25.3 Å². The van der Waals surface area contributed by atoms with Gasteiger partial charge in [0.2, 0.25) is 0 Å². The largest absolute Gasteiger partial charge is 0.493 e. The molecular formula is C15H21NO4. The molecule has 1 atom stereocenters. The van der Waals surface area contributed by atoms with Crippen LogP contribution in [0.3, 0.4) is 0 Å². The molecule has 2 rings (SSSR count). The van der Waals surface area contributed by atoms with Crippen molar-refractivity contribution in [1.82, 2.24) is 5.32 Å². The molecule has 5 nitrogen and oxygen atoms in total. The maximum absolute atomic E-state index is 11.7. The smallest absolute Gasteiger partial charge is 0.328 e. The average molecular weight is 279 g/mol. The van der Waals surface area contributed by atoms with Crippen molar-refractivity contribution in [1.29, 1.82) is 0 Å². The molecule has 0 saturated heterocycles. The normalized spacial score (nSPS) is 17.4. The second-order valence-corrected chi connectivity index (χ2v) is 5.32. The monoisotopic (exact) mass is 279 g/mol. The second kappa shape index (κ2) is 5.71. The fraction of sp³-hybridized carbons (Fsp3) is 0.533. The molecule has 0 heterocycles. The van der Waals surface area contributed by atoms with Crippen molar-refractivity contribution in [3.05, 3.63) is 23.8 Å². The topological polar surface area (TPSA) is 67.8 Å². The molecule has 1 fully saturated rings. The Morgan fingerprint density at radius 2 is 2.00 bits per heavy atom. The van der Waals surface area contributed by atoms with E-state index in [1.54, 1.807) is 32.2 Å². The van der Waals surface area contributed by atoms with Gasteiger partial charge in [-0.05, 0) is 49.9 Å². The van der Waals surface area contributed by atoms with Crippen LogP contribution in [0.2, 0.25) is 0 Å². The first-order valence-corrected chi connectivity index (χ1v) is 6.72. The Kier molecular flexibility index (Phi) is 4.18. The fourth-order valence-corrected chi connectivity index (χ4v) is 2.12. The van der Waals surface area contributed by atoms with E-state index < -0.39 is 11.5 Å². The summed E-state index contributed by atoms with van der Waals surface area (Å²) in [5, 5.41) is 12.7. The number of hydrogen-bond donors (Lipinski definition) is 2. The zero-order valence-electron chi connectivity index (χ0n) is 12.1. The number of ether oxygens (including phenoxy) is 2. The van der Waals surface area contributed by atoms with Crippen molar-refractivity contribution in [2.45, 2.75) is 25.3 Å². The van der Waals surface area contributed by atoms with Crippen LogP contribution in [0, 0.1) is 5.92 Å². The third-order valence-corrected chi connectivity index (χ3v) is 3.83. The van der Waals surface area contributed by atoms with E-state index in [4.69, 9.17) is 9.47 Å². The number of methoxy groups -OCH3 is 2. The number of aliphatic carboxylic acids is 1. The Morgan fingerprint density at radius 3 is 2.50 bits per heavy atom. The lowest BCUT2D eigenvalue weighted by atomic mass is 9.91. The third kappa shape index (κ3) is 2.88. The van der Waals surface area contributed by atoms with Gasteiger partial charge in [0.15, 0.2) is 11.5 Å². The molecule has 0 bridgehead atoms. The van der Waals surface area contributed by atoms with Crippen LogP contribution in [0.25, 0.3) is 0 Å². The lowest BCUT2D eigenvalue weighted by Crippen LogP contribution is -2.47. The van der Waals surface area contributed by atoms with Gasteiger partial charge in [-0.15, -0.1) is 0 Å². The summed E-state index contributed by atoms with van der Waals surface area (Å²) < 4.78 is 10.4. The molecule has 2 N–H and O–H groups in total. The first kappa shape index (κ1) is 14.7. The summed E-state index contributed by atoms with van der Waals surface area (Å²) in [7, 11) is 3.09. The quantitative estimate of drug-likeness (QED) is 0.799. The van der Waals surface area contributed by atoms with Crippen LogP contribution in [0.15, 0.2) is 18.2 Å². The summed E-state index contributed by atoms with van der Waals surface area (Å²) in [5.74, 6) is 0.830. The highest BCUT2D eigenvalue weighted by atomic mass is 16.5. The van der Waals surface area contributed by atoms with E-state index in [0.29, 0.717) is 23.0 Å². The predicted octanol–water partition coefficient (Wildman–Crippen LogP) is 2.00. The van der Waals surface area contributed by atoms with Crippen LogP contribution < -0.4 is 14.8 Å². The van der Waals surface area contributed by atoms with Crippen molar-refractivity contribution in [3.63, 3.8) is 0 Å². The van der Waals surface area contributed by atoms with E-state index in [1.165, 1.54) is 20.0 Å². The molecule has 110 valence electrons. The summed E-state index contributed by atoms with van der Waals surface area (Å²) >= 11 is 0. The number of carboxylic acids is 1. The number of nitrogens with one attached hydrogen (secondary N) is 1. The van der Waals surface area contributed by atoms with Gasteiger partial charge in [-0.1, -0.05) is 6.07 Å². The van der Waals surface area contributed by atoms with Gasteiger partial charge in [-0.25, -0.2) is 4.79 Å². The van der Waals surface area contributed by atoms with Gasteiger partial charge in [0.1, 0.15) is 5.54 Å².